The highest BCUT2D eigenvalue weighted by atomic mass is 35.5. The summed E-state index contributed by atoms with van der Waals surface area (Å²) in [5.41, 5.74) is 0.880. The van der Waals surface area contributed by atoms with Crippen LogP contribution in [0.4, 0.5) is 10.1 Å². The largest absolute Gasteiger partial charge is 0.376 e. The molecule has 196 valence electrons. The molecule has 1 aliphatic rings. The molecule has 4 N–H and O–H groups in total. The van der Waals surface area contributed by atoms with E-state index in [0.29, 0.717) is 50.2 Å². The summed E-state index contributed by atoms with van der Waals surface area (Å²) in [5, 5.41) is 8.47. The molecule has 3 amide bonds. The van der Waals surface area contributed by atoms with Crippen molar-refractivity contribution in [2.24, 2.45) is 5.92 Å². The van der Waals surface area contributed by atoms with E-state index in [1.165, 1.54) is 18.5 Å². The minimum absolute atomic E-state index is 0.00878. The van der Waals surface area contributed by atoms with E-state index >= 15 is 0 Å². The lowest BCUT2D eigenvalue weighted by Gasteiger charge is -2.17. The van der Waals surface area contributed by atoms with E-state index < -0.39 is 17.6 Å². The van der Waals surface area contributed by atoms with E-state index in [9.17, 15) is 18.8 Å². The Morgan fingerprint density at radius 3 is 2.78 bits per heavy atom. The summed E-state index contributed by atoms with van der Waals surface area (Å²) in [6, 6.07) is 2.69. The average molecular weight is 522 g/mol. The quantitative estimate of drug-likeness (QED) is 0.314. The first-order valence-electron chi connectivity index (χ1n) is 12.3. The van der Waals surface area contributed by atoms with Crippen LogP contribution in [-0.4, -0.2) is 53.5 Å². The summed E-state index contributed by atoms with van der Waals surface area (Å²) in [4.78, 5) is 44.6. The van der Waals surface area contributed by atoms with Crippen molar-refractivity contribution in [3.8, 4) is 0 Å². The van der Waals surface area contributed by atoms with Gasteiger partial charge in [-0.05, 0) is 56.7 Å². The van der Waals surface area contributed by atoms with Gasteiger partial charge in [0, 0.05) is 25.6 Å². The van der Waals surface area contributed by atoms with Crippen LogP contribution in [0.5, 0.6) is 0 Å². The molecule has 0 aliphatic carbocycles. The van der Waals surface area contributed by atoms with E-state index in [-0.39, 0.29) is 34.3 Å². The SMILES string of the molecule is CCC[C@H](CCCNC(=O)c1nc[nH]c1C(=O)NC[C@@H]1CCCO1)C(=O)Nc1cc(C)c(F)cc1Cl. The number of amides is 3. The number of carbonyl (C=O) groups excluding carboxylic acids is 3. The van der Waals surface area contributed by atoms with Gasteiger partial charge in [-0.25, -0.2) is 9.37 Å². The Morgan fingerprint density at radius 1 is 1.25 bits per heavy atom. The molecular formula is C25H33ClFN5O4. The smallest absolute Gasteiger partial charge is 0.272 e. The van der Waals surface area contributed by atoms with Gasteiger partial charge in [-0.3, -0.25) is 14.4 Å². The summed E-state index contributed by atoms with van der Waals surface area (Å²) in [5.74, 6) is -1.81. The van der Waals surface area contributed by atoms with Gasteiger partial charge in [-0.2, -0.15) is 0 Å². The highest BCUT2D eigenvalue weighted by molar-refractivity contribution is 6.33. The molecule has 0 bridgehead atoms. The first-order valence-corrected chi connectivity index (χ1v) is 12.7. The molecule has 2 heterocycles. The van der Waals surface area contributed by atoms with Gasteiger partial charge in [0.1, 0.15) is 11.5 Å². The second kappa shape index (κ2) is 13.4. The Morgan fingerprint density at radius 2 is 2.06 bits per heavy atom. The molecule has 2 aromatic rings. The van der Waals surface area contributed by atoms with Crippen LogP contribution in [0.25, 0.3) is 0 Å². The van der Waals surface area contributed by atoms with Crippen molar-refractivity contribution >= 4 is 35.0 Å². The number of aromatic nitrogens is 2. The predicted octanol–water partition coefficient (Wildman–Crippen LogP) is 3.98. The summed E-state index contributed by atoms with van der Waals surface area (Å²) in [6.07, 6.45) is 5.70. The summed E-state index contributed by atoms with van der Waals surface area (Å²) in [6.45, 7) is 4.97. The van der Waals surface area contributed by atoms with Crippen LogP contribution >= 0.6 is 11.6 Å². The molecule has 0 spiro atoms. The average Bonchev–Trinajstić information content (AvgIpc) is 3.55. The summed E-state index contributed by atoms with van der Waals surface area (Å²) >= 11 is 6.08. The van der Waals surface area contributed by atoms with Gasteiger partial charge < -0.3 is 25.7 Å². The standard InChI is InChI=1S/C25H33ClFN5O4/c1-3-6-16(23(33)32-20-11-15(2)19(27)12-18(20)26)7-4-9-28-24(34)21-22(31-14-30-21)25(35)29-13-17-8-5-10-36-17/h11-12,14,16-17H,3-10,13H2,1-2H3,(H,28,34)(H,29,35)(H,30,31)(H,32,33)/t16-,17+/m1/s1. The van der Waals surface area contributed by atoms with Crippen LogP contribution in [0.15, 0.2) is 18.5 Å². The highest BCUT2D eigenvalue weighted by Crippen LogP contribution is 2.26. The molecule has 1 saturated heterocycles. The monoisotopic (exact) mass is 521 g/mol. The number of hydrogen-bond donors (Lipinski definition) is 4. The Hall–Kier alpha value is -2.98. The number of imidazole rings is 1. The number of hydrogen-bond acceptors (Lipinski definition) is 5. The van der Waals surface area contributed by atoms with E-state index in [1.54, 1.807) is 6.92 Å². The molecule has 0 saturated carbocycles. The van der Waals surface area contributed by atoms with Gasteiger partial charge in [0.2, 0.25) is 5.91 Å². The van der Waals surface area contributed by atoms with Gasteiger partial charge >= 0.3 is 0 Å². The lowest BCUT2D eigenvalue weighted by atomic mass is 9.96. The maximum atomic E-state index is 13.7. The van der Waals surface area contributed by atoms with Gasteiger partial charge in [-0.15, -0.1) is 0 Å². The minimum Gasteiger partial charge on any atom is -0.376 e. The van der Waals surface area contributed by atoms with Crippen LogP contribution in [0.2, 0.25) is 5.02 Å². The number of halogens is 2. The Labute approximate surface area is 214 Å². The van der Waals surface area contributed by atoms with Crippen LogP contribution in [0, 0.1) is 18.7 Å². The van der Waals surface area contributed by atoms with Gasteiger partial charge in [-0.1, -0.05) is 24.9 Å². The molecule has 11 heteroatoms. The molecular weight excluding hydrogens is 489 g/mol. The molecule has 3 rings (SSSR count). The van der Waals surface area contributed by atoms with E-state index in [2.05, 4.69) is 25.9 Å². The topological polar surface area (TPSA) is 125 Å². The zero-order valence-corrected chi connectivity index (χ0v) is 21.3. The van der Waals surface area contributed by atoms with Crippen molar-refractivity contribution in [2.45, 2.75) is 58.5 Å². The van der Waals surface area contributed by atoms with Gasteiger partial charge in [0.05, 0.1) is 23.1 Å². The summed E-state index contributed by atoms with van der Waals surface area (Å²) in [7, 11) is 0. The van der Waals surface area contributed by atoms with Crippen LogP contribution in [0.1, 0.15) is 72.0 Å². The number of nitrogens with zero attached hydrogens (tertiary/aromatic N) is 1. The van der Waals surface area contributed by atoms with Crippen LogP contribution in [-0.2, 0) is 9.53 Å². The number of aryl methyl sites for hydroxylation is 1. The van der Waals surface area contributed by atoms with Crippen LogP contribution < -0.4 is 16.0 Å². The molecule has 36 heavy (non-hydrogen) atoms. The maximum Gasteiger partial charge on any atom is 0.272 e. The molecule has 2 atom stereocenters. The fourth-order valence-corrected chi connectivity index (χ4v) is 4.31. The molecule has 1 aliphatic heterocycles. The first kappa shape index (κ1) is 27.6. The Balaban J connectivity index is 1.48. The predicted molar refractivity (Wildman–Crippen MR) is 135 cm³/mol. The number of carbonyl (C=O) groups is 3. The second-order valence-electron chi connectivity index (χ2n) is 8.93. The molecule has 9 nitrogen and oxygen atoms in total. The van der Waals surface area contributed by atoms with Crippen LogP contribution in [0.3, 0.4) is 0 Å². The molecule has 1 fully saturated rings. The number of H-pyrrole nitrogens is 1. The third kappa shape index (κ3) is 7.51. The number of nitrogens with one attached hydrogen (secondary N) is 4. The Bertz CT molecular complexity index is 1070. The number of benzene rings is 1. The van der Waals surface area contributed by atoms with Crippen molar-refractivity contribution in [3.63, 3.8) is 0 Å². The first-order chi connectivity index (χ1) is 17.3. The van der Waals surface area contributed by atoms with Crippen molar-refractivity contribution in [1.29, 1.82) is 0 Å². The maximum absolute atomic E-state index is 13.7. The minimum atomic E-state index is -0.469. The van der Waals surface area contributed by atoms with Crippen molar-refractivity contribution < 1.29 is 23.5 Å². The Kier molecular flexibility index (Phi) is 10.2. The van der Waals surface area contributed by atoms with E-state index in [4.69, 9.17) is 16.3 Å². The third-order valence-electron chi connectivity index (χ3n) is 6.12. The number of rotatable bonds is 12. The van der Waals surface area contributed by atoms with Crippen molar-refractivity contribution in [2.75, 3.05) is 25.0 Å². The van der Waals surface area contributed by atoms with Gasteiger partial charge in [0.15, 0.2) is 5.69 Å². The lowest BCUT2D eigenvalue weighted by molar-refractivity contribution is -0.120. The molecule has 0 radical (unpaired) electrons. The number of aromatic amines is 1. The fourth-order valence-electron chi connectivity index (χ4n) is 4.12. The zero-order valence-electron chi connectivity index (χ0n) is 20.6. The fraction of sp³-hybridized carbons (Fsp3) is 0.520. The normalized spacial score (nSPS) is 15.9. The number of ether oxygens (including phenoxy) is 1. The molecule has 1 aromatic heterocycles. The van der Waals surface area contributed by atoms with Crippen molar-refractivity contribution in [3.05, 3.63) is 46.3 Å². The van der Waals surface area contributed by atoms with E-state index in [0.717, 1.165) is 19.3 Å². The summed E-state index contributed by atoms with van der Waals surface area (Å²) < 4.78 is 19.2. The zero-order chi connectivity index (χ0) is 26.1. The lowest BCUT2D eigenvalue weighted by Crippen LogP contribution is -2.34. The highest BCUT2D eigenvalue weighted by Gasteiger charge is 2.23. The molecule has 0 unspecified atom stereocenters. The number of anilines is 1. The third-order valence-corrected chi connectivity index (χ3v) is 6.44. The second-order valence-corrected chi connectivity index (χ2v) is 9.33. The molecule has 1 aromatic carbocycles. The van der Waals surface area contributed by atoms with E-state index in [1.807, 2.05) is 6.92 Å². The van der Waals surface area contributed by atoms with Crippen molar-refractivity contribution in [1.82, 2.24) is 20.6 Å². The van der Waals surface area contributed by atoms with Gasteiger partial charge in [0.25, 0.3) is 11.8 Å².